The van der Waals surface area contributed by atoms with Crippen LogP contribution in [0.2, 0.25) is 5.02 Å². The van der Waals surface area contributed by atoms with Gasteiger partial charge in [-0.1, -0.05) is 28.9 Å². The van der Waals surface area contributed by atoms with E-state index >= 15 is 0 Å². The van der Waals surface area contributed by atoms with Gasteiger partial charge in [-0.25, -0.2) is 0 Å². The van der Waals surface area contributed by atoms with Crippen LogP contribution >= 0.6 is 11.6 Å². The second kappa shape index (κ2) is 5.84. The molecule has 0 spiro atoms. The van der Waals surface area contributed by atoms with Crippen LogP contribution in [0.3, 0.4) is 0 Å². The first-order valence-electron chi connectivity index (χ1n) is 8.68. The van der Waals surface area contributed by atoms with Gasteiger partial charge in [0.05, 0.1) is 5.41 Å². The molecule has 6 nitrogen and oxygen atoms in total. The van der Waals surface area contributed by atoms with E-state index in [-0.39, 0.29) is 11.8 Å². The average molecular weight is 374 g/mol. The normalized spacial score (nSPS) is 23.3. The Kier molecular flexibility index (Phi) is 3.84. The van der Waals surface area contributed by atoms with Crippen LogP contribution in [0, 0.1) is 6.92 Å². The molecule has 1 N–H and O–H groups in total. The van der Waals surface area contributed by atoms with Crippen LogP contribution in [0.4, 0.5) is 5.82 Å². The molecule has 1 aliphatic heterocycles. The van der Waals surface area contributed by atoms with E-state index in [2.05, 4.69) is 10.5 Å². The van der Waals surface area contributed by atoms with Gasteiger partial charge in [-0.15, -0.1) is 0 Å². The number of nitrogens with one attached hydrogen (secondary N) is 1. The summed E-state index contributed by atoms with van der Waals surface area (Å²) in [7, 11) is 0. The van der Waals surface area contributed by atoms with Crippen molar-refractivity contribution in [3.8, 4) is 0 Å². The van der Waals surface area contributed by atoms with Crippen molar-refractivity contribution in [3.05, 3.63) is 46.7 Å². The molecule has 7 heteroatoms. The van der Waals surface area contributed by atoms with Crippen molar-refractivity contribution in [1.29, 1.82) is 0 Å². The van der Waals surface area contributed by atoms with Crippen LogP contribution in [0.25, 0.3) is 0 Å². The molecule has 4 rings (SSSR count). The average Bonchev–Trinajstić information content (AvgIpc) is 3.31. The molecule has 0 bridgehead atoms. The molecule has 26 heavy (non-hydrogen) atoms. The SMILES string of the molecule is Cc1cc(NC(=O)C2(C)CCN2C(=O)C2(c3ccc(Cl)cc3)CC2)no1. The van der Waals surface area contributed by atoms with Gasteiger partial charge in [-0.3, -0.25) is 9.59 Å². The number of hydrogen-bond donors (Lipinski definition) is 1. The summed E-state index contributed by atoms with van der Waals surface area (Å²) in [4.78, 5) is 27.7. The quantitative estimate of drug-likeness (QED) is 0.892. The van der Waals surface area contributed by atoms with E-state index in [4.69, 9.17) is 16.1 Å². The molecule has 136 valence electrons. The largest absolute Gasteiger partial charge is 0.360 e. The molecular weight excluding hydrogens is 354 g/mol. The van der Waals surface area contributed by atoms with Gasteiger partial charge in [0.2, 0.25) is 5.91 Å². The van der Waals surface area contributed by atoms with Crippen molar-refractivity contribution in [2.45, 2.75) is 44.1 Å². The molecule has 2 aliphatic rings. The molecule has 2 fully saturated rings. The zero-order valence-electron chi connectivity index (χ0n) is 14.7. The predicted octanol–water partition coefficient (Wildman–Crippen LogP) is 3.30. The minimum atomic E-state index is -0.869. The van der Waals surface area contributed by atoms with Crippen LogP contribution in [-0.2, 0) is 15.0 Å². The number of carbonyl (C=O) groups is 2. The lowest BCUT2D eigenvalue weighted by atomic mass is 9.82. The standard InChI is InChI=1S/C19H20ClN3O3/c1-12-11-15(22-26-12)21-16(24)18(2)9-10-23(18)17(25)19(7-8-19)13-3-5-14(20)6-4-13/h3-6,11H,7-10H2,1-2H3,(H,21,22,24). The summed E-state index contributed by atoms with van der Waals surface area (Å²) in [6.45, 7) is 4.14. The van der Waals surface area contributed by atoms with Crippen LogP contribution in [-0.4, -0.2) is 34.0 Å². The molecule has 1 aliphatic carbocycles. The highest BCUT2D eigenvalue weighted by Crippen LogP contribution is 2.52. The number of aryl methyl sites for hydroxylation is 1. The number of amides is 2. The summed E-state index contributed by atoms with van der Waals surface area (Å²) in [5.74, 6) is 0.760. The van der Waals surface area contributed by atoms with E-state index in [1.54, 1.807) is 36.9 Å². The number of aromatic nitrogens is 1. The minimum Gasteiger partial charge on any atom is -0.360 e. The minimum absolute atomic E-state index is 0.0139. The van der Waals surface area contributed by atoms with Crippen LogP contribution in [0.1, 0.15) is 37.5 Å². The van der Waals surface area contributed by atoms with Crippen molar-refractivity contribution in [2.24, 2.45) is 0 Å². The summed E-state index contributed by atoms with van der Waals surface area (Å²) >= 11 is 5.97. The third-order valence-corrected chi connectivity index (χ3v) is 5.83. The van der Waals surface area contributed by atoms with E-state index in [1.165, 1.54) is 0 Å². The maximum atomic E-state index is 13.3. The fourth-order valence-electron chi connectivity index (χ4n) is 3.58. The van der Waals surface area contributed by atoms with Gasteiger partial charge in [0.25, 0.3) is 5.91 Å². The zero-order valence-corrected chi connectivity index (χ0v) is 15.5. The Labute approximate surface area is 156 Å². The van der Waals surface area contributed by atoms with Gasteiger partial charge in [-0.2, -0.15) is 0 Å². The highest BCUT2D eigenvalue weighted by Gasteiger charge is 2.59. The number of benzene rings is 1. The van der Waals surface area contributed by atoms with Crippen molar-refractivity contribution in [2.75, 3.05) is 11.9 Å². The molecule has 1 saturated heterocycles. The lowest BCUT2D eigenvalue weighted by Gasteiger charge is -2.50. The molecule has 2 heterocycles. The van der Waals surface area contributed by atoms with Crippen molar-refractivity contribution >= 4 is 29.2 Å². The predicted molar refractivity (Wildman–Crippen MR) is 97.0 cm³/mol. The summed E-state index contributed by atoms with van der Waals surface area (Å²) in [6, 6.07) is 9.08. The Morgan fingerprint density at radius 2 is 1.92 bits per heavy atom. The van der Waals surface area contributed by atoms with E-state index in [9.17, 15) is 9.59 Å². The van der Waals surface area contributed by atoms with Crippen LogP contribution < -0.4 is 5.32 Å². The number of hydrogen-bond acceptors (Lipinski definition) is 4. The second-order valence-electron chi connectivity index (χ2n) is 7.35. The van der Waals surface area contributed by atoms with Gasteiger partial charge < -0.3 is 14.7 Å². The monoisotopic (exact) mass is 373 g/mol. The number of carbonyl (C=O) groups excluding carboxylic acids is 2. The van der Waals surface area contributed by atoms with Crippen LogP contribution in [0.15, 0.2) is 34.9 Å². The van der Waals surface area contributed by atoms with Crippen molar-refractivity contribution < 1.29 is 14.1 Å². The molecule has 0 radical (unpaired) electrons. The Morgan fingerprint density at radius 3 is 2.42 bits per heavy atom. The van der Waals surface area contributed by atoms with E-state index in [1.807, 2.05) is 12.1 Å². The maximum absolute atomic E-state index is 13.3. The van der Waals surface area contributed by atoms with Gasteiger partial charge in [0, 0.05) is 17.6 Å². The second-order valence-corrected chi connectivity index (χ2v) is 7.78. The number of nitrogens with zero attached hydrogens (tertiary/aromatic N) is 2. The number of rotatable bonds is 4. The Morgan fingerprint density at radius 1 is 1.23 bits per heavy atom. The van der Waals surface area contributed by atoms with Gasteiger partial charge in [0.15, 0.2) is 5.82 Å². The summed E-state index contributed by atoms with van der Waals surface area (Å²) < 4.78 is 4.98. The first-order chi connectivity index (χ1) is 12.3. The molecule has 1 atom stereocenters. The lowest BCUT2D eigenvalue weighted by Crippen LogP contribution is -2.67. The zero-order chi connectivity index (χ0) is 18.5. The molecule has 1 unspecified atom stereocenters. The molecule has 2 amide bonds. The number of likely N-dealkylation sites (tertiary alicyclic amines) is 1. The fourth-order valence-corrected chi connectivity index (χ4v) is 3.70. The van der Waals surface area contributed by atoms with Gasteiger partial charge in [0.1, 0.15) is 11.3 Å². The number of halogens is 1. The first kappa shape index (κ1) is 17.1. The van der Waals surface area contributed by atoms with Crippen molar-refractivity contribution in [1.82, 2.24) is 10.1 Å². The Balaban J connectivity index is 1.53. The molecule has 1 saturated carbocycles. The van der Waals surface area contributed by atoms with Crippen LogP contribution in [0.5, 0.6) is 0 Å². The third kappa shape index (κ3) is 2.60. The lowest BCUT2D eigenvalue weighted by molar-refractivity contribution is -0.156. The third-order valence-electron chi connectivity index (χ3n) is 5.58. The fraction of sp³-hybridized carbons (Fsp3) is 0.421. The topological polar surface area (TPSA) is 75.4 Å². The number of anilines is 1. The van der Waals surface area contributed by atoms with Gasteiger partial charge in [-0.05, 0) is 50.8 Å². The highest BCUT2D eigenvalue weighted by atomic mass is 35.5. The summed E-state index contributed by atoms with van der Waals surface area (Å²) in [5.41, 5.74) is -0.420. The molecule has 1 aromatic heterocycles. The highest BCUT2D eigenvalue weighted by molar-refractivity contribution is 6.30. The van der Waals surface area contributed by atoms with Gasteiger partial charge >= 0.3 is 0 Å². The van der Waals surface area contributed by atoms with E-state index in [0.717, 1.165) is 18.4 Å². The summed E-state index contributed by atoms with van der Waals surface area (Å²) in [6.07, 6.45) is 2.21. The van der Waals surface area contributed by atoms with E-state index < -0.39 is 11.0 Å². The van der Waals surface area contributed by atoms with E-state index in [0.29, 0.717) is 29.6 Å². The molecule has 2 aromatic rings. The Bertz CT molecular complexity index is 872. The Hall–Kier alpha value is -2.34. The maximum Gasteiger partial charge on any atom is 0.251 e. The van der Waals surface area contributed by atoms with Crippen molar-refractivity contribution in [3.63, 3.8) is 0 Å². The smallest absolute Gasteiger partial charge is 0.251 e. The summed E-state index contributed by atoms with van der Waals surface area (Å²) in [5, 5.41) is 7.19. The molecule has 1 aromatic carbocycles. The molecular formula is C19H20ClN3O3. The first-order valence-corrected chi connectivity index (χ1v) is 9.06.